The monoisotopic (exact) mass is 233 g/mol. The molecule has 1 aromatic carbocycles. The van der Waals surface area contributed by atoms with Crippen molar-refractivity contribution >= 4 is 5.69 Å². The molecule has 0 bridgehead atoms. The fourth-order valence-corrected chi connectivity index (χ4v) is 1.42. The first-order chi connectivity index (χ1) is 8.18. The van der Waals surface area contributed by atoms with E-state index in [0.29, 0.717) is 0 Å². The highest BCUT2D eigenvalue weighted by Gasteiger charge is 2.13. The van der Waals surface area contributed by atoms with Gasteiger partial charge in [-0.25, -0.2) is 0 Å². The zero-order chi connectivity index (χ0) is 12.3. The number of hydrogen-bond acceptors (Lipinski definition) is 4. The molecule has 17 heavy (non-hydrogen) atoms. The van der Waals surface area contributed by atoms with Crippen LogP contribution in [0.5, 0.6) is 5.75 Å². The van der Waals surface area contributed by atoms with Gasteiger partial charge in [0.05, 0.1) is 10.6 Å². The smallest absolute Gasteiger partial charge is 0.310 e. The molecule has 88 valence electrons. The van der Waals surface area contributed by atoms with Gasteiger partial charge in [0.2, 0.25) is 0 Å². The number of para-hydroxylation sites is 2. The fourth-order valence-electron chi connectivity index (χ4n) is 1.42. The Balaban J connectivity index is 2.14. The molecule has 0 fully saturated rings. The van der Waals surface area contributed by atoms with Crippen molar-refractivity contribution in [3.8, 4) is 5.75 Å². The van der Waals surface area contributed by atoms with E-state index >= 15 is 0 Å². The summed E-state index contributed by atoms with van der Waals surface area (Å²) >= 11 is 0. The second kappa shape index (κ2) is 4.65. The van der Waals surface area contributed by atoms with Gasteiger partial charge in [-0.3, -0.25) is 14.8 Å². The predicted octanol–water partition coefficient (Wildman–Crippen LogP) is 1.91. The molecule has 1 aromatic heterocycles. The van der Waals surface area contributed by atoms with Crippen LogP contribution in [-0.2, 0) is 13.7 Å². The van der Waals surface area contributed by atoms with E-state index in [9.17, 15) is 10.1 Å². The number of aryl methyl sites for hydroxylation is 1. The van der Waals surface area contributed by atoms with E-state index in [4.69, 9.17) is 4.74 Å². The quantitative estimate of drug-likeness (QED) is 0.597. The standard InChI is InChI=1S/C11H11N3O3/c1-13-9(6-7-12-13)8-17-11-5-3-2-4-10(11)14(15)16/h2-7H,8H2,1H3. The second-order valence-corrected chi connectivity index (χ2v) is 3.46. The Morgan fingerprint density at radius 2 is 2.18 bits per heavy atom. The summed E-state index contributed by atoms with van der Waals surface area (Å²) in [5.41, 5.74) is 0.817. The van der Waals surface area contributed by atoms with E-state index in [0.717, 1.165) is 5.69 Å². The number of benzene rings is 1. The van der Waals surface area contributed by atoms with E-state index in [1.54, 1.807) is 42.2 Å². The fraction of sp³-hybridized carbons (Fsp3) is 0.182. The zero-order valence-corrected chi connectivity index (χ0v) is 9.24. The topological polar surface area (TPSA) is 70.2 Å². The number of ether oxygens (including phenoxy) is 1. The Hall–Kier alpha value is -2.37. The molecule has 0 N–H and O–H groups in total. The van der Waals surface area contributed by atoms with Crippen molar-refractivity contribution in [2.45, 2.75) is 6.61 Å². The zero-order valence-electron chi connectivity index (χ0n) is 9.24. The van der Waals surface area contributed by atoms with Gasteiger partial charge in [-0.1, -0.05) is 12.1 Å². The molecule has 0 aliphatic rings. The van der Waals surface area contributed by atoms with E-state index in [-0.39, 0.29) is 18.0 Å². The molecule has 0 amide bonds. The highest BCUT2D eigenvalue weighted by Crippen LogP contribution is 2.26. The first-order valence-corrected chi connectivity index (χ1v) is 5.01. The normalized spacial score (nSPS) is 10.2. The van der Waals surface area contributed by atoms with E-state index in [1.807, 2.05) is 0 Å². The van der Waals surface area contributed by atoms with Crippen LogP contribution in [0.15, 0.2) is 36.5 Å². The van der Waals surface area contributed by atoms with Crippen LogP contribution in [0.4, 0.5) is 5.69 Å². The molecule has 2 aromatic rings. The molecule has 0 radical (unpaired) electrons. The third-order valence-electron chi connectivity index (χ3n) is 2.36. The molecule has 0 saturated heterocycles. The van der Waals surface area contributed by atoms with Crippen LogP contribution >= 0.6 is 0 Å². The van der Waals surface area contributed by atoms with Crippen molar-refractivity contribution in [1.29, 1.82) is 0 Å². The Bertz CT molecular complexity index is 536. The van der Waals surface area contributed by atoms with Crippen molar-refractivity contribution in [3.63, 3.8) is 0 Å². The number of nitro groups is 1. The average molecular weight is 233 g/mol. The van der Waals surface area contributed by atoms with Gasteiger partial charge in [0.1, 0.15) is 6.61 Å². The summed E-state index contributed by atoms with van der Waals surface area (Å²) in [6.07, 6.45) is 1.65. The molecule has 0 aliphatic heterocycles. The molecule has 0 saturated carbocycles. The van der Waals surface area contributed by atoms with Gasteiger partial charge in [0.15, 0.2) is 5.75 Å². The van der Waals surface area contributed by atoms with Gasteiger partial charge in [-0.2, -0.15) is 5.10 Å². The minimum atomic E-state index is -0.460. The molecule has 0 spiro atoms. The molecule has 6 nitrogen and oxygen atoms in total. The predicted molar refractivity (Wildman–Crippen MR) is 60.6 cm³/mol. The maximum atomic E-state index is 10.8. The van der Waals surface area contributed by atoms with Crippen molar-refractivity contribution in [1.82, 2.24) is 9.78 Å². The van der Waals surface area contributed by atoms with E-state index in [2.05, 4.69) is 5.10 Å². The maximum absolute atomic E-state index is 10.8. The minimum absolute atomic E-state index is 0.0327. The molecular weight excluding hydrogens is 222 g/mol. The highest BCUT2D eigenvalue weighted by molar-refractivity contribution is 5.45. The van der Waals surface area contributed by atoms with Crippen LogP contribution in [-0.4, -0.2) is 14.7 Å². The van der Waals surface area contributed by atoms with Crippen molar-refractivity contribution in [3.05, 3.63) is 52.3 Å². The molecule has 1 heterocycles. The van der Waals surface area contributed by atoms with Gasteiger partial charge in [0.25, 0.3) is 0 Å². The van der Waals surface area contributed by atoms with Crippen LogP contribution in [0.1, 0.15) is 5.69 Å². The maximum Gasteiger partial charge on any atom is 0.310 e. The lowest BCUT2D eigenvalue weighted by atomic mass is 10.3. The second-order valence-electron chi connectivity index (χ2n) is 3.46. The summed E-state index contributed by atoms with van der Waals surface area (Å²) in [5, 5.41) is 14.7. The number of nitrogens with zero attached hydrogens (tertiary/aromatic N) is 3. The summed E-state index contributed by atoms with van der Waals surface area (Å²) in [5.74, 6) is 0.263. The summed E-state index contributed by atoms with van der Waals surface area (Å²) < 4.78 is 7.08. The largest absolute Gasteiger partial charge is 0.480 e. The lowest BCUT2D eigenvalue weighted by Crippen LogP contribution is -2.04. The molecule has 0 aliphatic carbocycles. The number of aromatic nitrogens is 2. The Kier molecular flexibility index (Phi) is 3.04. The van der Waals surface area contributed by atoms with Gasteiger partial charge >= 0.3 is 5.69 Å². The third kappa shape index (κ3) is 2.41. The summed E-state index contributed by atoms with van der Waals surface area (Å²) in [7, 11) is 1.79. The summed E-state index contributed by atoms with van der Waals surface area (Å²) in [4.78, 5) is 10.3. The van der Waals surface area contributed by atoms with Gasteiger partial charge in [-0.15, -0.1) is 0 Å². The van der Waals surface area contributed by atoms with Crippen LogP contribution < -0.4 is 4.74 Å². The van der Waals surface area contributed by atoms with E-state index < -0.39 is 4.92 Å². The highest BCUT2D eigenvalue weighted by atomic mass is 16.6. The number of rotatable bonds is 4. The van der Waals surface area contributed by atoms with Crippen LogP contribution in [0, 0.1) is 10.1 Å². The lowest BCUT2D eigenvalue weighted by molar-refractivity contribution is -0.385. The van der Waals surface area contributed by atoms with Crippen LogP contribution in [0.3, 0.4) is 0 Å². The molecule has 2 rings (SSSR count). The SMILES string of the molecule is Cn1nccc1COc1ccccc1[N+](=O)[O-]. The third-order valence-corrected chi connectivity index (χ3v) is 2.36. The van der Waals surface area contributed by atoms with Crippen molar-refractivity contribution in [2.75, 3.05) is 0 Å². The minimum Gasteiger partial charge on any atom is -0.480 e. The first kappa shape index (κ1) is 11.1. The van der Waals surface area contributed by atoms with Crippen LogP contribution in [0.25, 0.3) is 0 Å². The van der Waals surface area contributed by atoms with Gasteiger partial charge < -0.3 is 4.74 Å². The molecule has 6 heteroatoms. The molecule has 0 atom stereocenters. The molecular formula is C11H11N3O3. The van der Waals surface area contributed by atoms with Crippen molar-refractivity contribution in [2.24, 2.45) is 7.05 Å². The van der Waals surface area contributed by atoms with E-state index in [1.165, 1.54) is 6.07 Å². The van der Waals surface area contributed by atoms with Gasteiger partial charge in [-0.05, 0) is 12.1 Å². The summed E-state index contributed by atoms with van der Waals surface area (Å²) in [6, 6.07) is 8.10. The average Bonchev–Trinajstić information content (AvgIpc) is 2.72. The first-order valence-electron chi connectivity index (χ1n) is 5.01. The Morgan fingerprint density at radius 1 is 1.41 bits per heavy atom. The van der Waals surface area contributed by atoms with Crippen molar-refractivity contribution < 1.29 is 9.66 Å². The lowest BCUT2D eigenvalue weighted by Gasteiger charge is -2.06. The van der Waals surface area contributed by atoms with Gasteiger partial charge in [0, 0.05) is 19.3 Å². The number of nitro benzene ring substituents is 1. The number of hydrogen-bond donors (Lipinski definition) is 0. The van der Waals surface area contributed by atoms with Crippen LogP contribution in [0.2, 0.25) is 0 Å². The Labute approximate surface area is 97.6 Å². The molecule has 0 unspecified atom stereocenters. The Morgan fingerprint density at radius 3 is 2.82 bits per heavy atom. The summed E-state index contributed by atoms with van der Waals surface area (Å²) in [6.45, 7) is 0.251.